The second kappa shape index (κ2) is 9.82. The average molecular weight is 403 g/mol. The minimum atomic E-state index is -3.43. The molecule has 8 heteroatoms. The van der Waals surface area contributed by atoms with Gasteiger partial charge in [-0.15, -0.1) is 0 Å². The molecule has 26 heavy (non-hydrogen) atoms. The first-order chi connectivity index (χ1) is 12.3. The third-order valence-electron chi connectivity index (χ3n) is 4.63. The molecule has 0 unspecified atom stereocenters. The fourth-order valence-corrected chi connectivity index (χ4v) is 5.76. The van der Waals surface area contributed by atoms with Crippen LogP contribution in [0.2, 0.25) is 0 Å². The third-order valence-corrected chi connectivity index (χ3v) is 8.01. The van der Waals surface area contributed by atoms with Gasteiger partial charge in [0, 0.05) is 19.6 Å². The van der Waals surface area contributed by atoms with Gasteiger partial charge in [-0.1, -0.05) is 38.3 Å². The number of hydrogen-bond acceptors (Lipinski definition) is 4. The molecular weight excluding hydrogens is 372 g/mol. The lowest BCUT2D eigenvalue weighted by atomic mass is 10.2. The Bertz CT molecular complexity index is 751. The van der Waals surface area contributed by atoms with Gasteiger partial charge in [-0.3, -0.25) is 0 Å². The lowest BCUT2D eigenvalue weighted by Gasteiger charge is -2.20. The molecule has 0 radical (unpaired) electrons. The van der Waals surface area contributed by atoms with E-state index >= 15 is 0 Å². The maximum Gasteiger partial charge on any atom is 0.243 e. The number of nitrogens with zero attached hydrogens (tertiary/aromatic N) is 1. The van der Waals surface area contributed by atoms with E-state index < -0.39 is 20.0 Å². The van der Waals surface area contributed by atoms with Crippen molar-refractivity contribution in [1.29, 1.82) is 0 Å². The highest BCUT2D eigenvalue weighted by atomic mass is 32.2. The lowest BCUT2D eigenvalue weighted by molar-refractivity contribution is 0.423. The van der Waals surface area contributed by atoms with Crippen LogP contribution in [-0.2, 0) is 26.5 Å². The van der Waals surface area contributed by atoms with E-state index in [9.17, 15) is 16.8 Å². The van der Waals surface area contributed by atoms with Crippen molar-refractivity contribution in [3.63, 3.8) is 0 Å². The molecule has 0 saturated carbocycles. The van der Waals surface area contributed by atoms with Gasteiger partial charge in [0.2, 0.25) is 20.0 Å². The number of benzene rings is 1. The van der Waals surface area contributed by atoms with Crippen molar-refractivity contribution in [3.05, 3.63) is 29.8 Å². The molecule has 0 spiro atoms. The highest BCUT2D eigenvalue weighted by Crippen LogP contribution is 2.20. The van der Waals surface area contributed by atoms with Crippen LogP contribution in [-0.4, -0.2) is 46.5 Å². The molecule has 0 atom stereocenters. The highest BCUT2D eigenvalue weighted by molar-refractivity contribution is 7.89. The summed E-state index contributed by atoms with van der Waals surface area (Å²) in [6.45, 7) is 3.45. The van der Waals surface area contributed by atoms with Crippen LogP contribution in [0.5, 0.6) is 0 Å². The van der Waals surface area contributed by atoms with Gasteiger partial charge >= 0.3 is 0 Å². The Morgan fingerprint density at radius 3 is 2.15 bits per heavy atom. The van der Waals surface area contributed by atoms with Crippen LogP contribution in [0.3, 0.4) is 0 Å². The summed E-state index contributed by atoms with van der Waals surface area (Å²) in [5.41, 5.74) is 0.915. The van der Waals surface area contributed by atoms with Crippen molar-refractivity contribution in [1.82, 2.24) is 9.03 Å². The quantitative estimate of drug-likeness (QED) is 0.688. The van der Waals surface area contributed by atoms with Crippen molar-refractivity contribution in [2.45, 2.75) is 56.8 Å². The number of nitrogens with one attached hydrogen (secondary N) is 1. The highest BCUT2D eigenvalue weighted by Gasteiger charge is 2.24. The van der Waals surface area contributed by atoms with Crippen LogP contribution in [0.15, 0.2) is 29.2 Å². The van der Waals surface area contributed by atoms with Crippen LogP contribution >= 0.6 is 0 Å². The normalized spacial score (nSPS) is 17.1. The van der Waals surface area contributed by atoms with E-state index in [0.717, 1.165) is 37.7 Å². The summed E-state index contributed by atoms with van der Waals surface area (Å²) in [7, 11) is -6.65. The first-order valence-corrected chi connectivity index (χ1v) is 12.5. The summed E-state index contributed by atoms with van der Waals surface area (Å²) < 4.78 is 53.2. The number of sulfonamides is 2. The van der Waals surface area contributed by atoms with Crippen LogP contribution in [0, 0.1) is 0 Å². The molecule has 0 aromatic heterocycles. The smallest absolute Gasteiger partial charge is 0.215 e. The standard InChI is InChI=1S/C18H30N2O4S2/c1-2-3-16-25(21,22)19-13-12-17-8-10-18(11-9-17)26(23,24)20-14-6-4-5-7-15-20/h8-11,19H,2-7,12-16H2,1H3. The summed E-state index contributed by atoms with van der Waals surface area (Å²) in [4.78, 5) is 0.312. The summed E-state index contributed by atoms with van der Waals surface area (Å²) in [6, 6.07) is 6.79. The number of rotatable bonds is 9. The SMILES string of the molecule is CCCCS(=O)(=O)NCCc1ccc(S(=O)(=O)N2CCCCCC2)cc1. The molecule has 0 amide bonds. The molecule has 1 aliphatic rings. The molecule has 1 aliphatic heterocycles. The third kappa shape index (κ3) is 6.33. The average Bonchev–Trinajstić information content (AvgIpc) is 2.90. The molecule has 0 aliphatic carbocycles. The molecule has 1 aromatic rings. The molecule has 1 fully saturated rings. The van der Waals surface area contributed by atoms with Gasteiger partial charge in [0.1, 0.15) is 0 Å². The Balaban J connectivity index is 1.93. The summed E-state index contributed by atoms with van der Waals surface area (Å²) in [5.74, 6) is 0.149. The van der Waals surface area contributed by atoms with Crippen molar-refractivity contribution in [3.8, 4) is 0 Å². The van der Waals surface area contributed by atoms with E-state index in [2.05, 4.69) is 4.72 Å². The minimum Gasteiger partial charge on any atom is -0.215 e. The molecule has 2 rings (SSSR count). The van der Waals surface area contributed by atoms with E-state index in [1.54, 1.807) is 28.6 Å². The van der Waals surface area contributed by atoms with Crippen molar-refractivity contribution >= 4 is 20.0 Å². The summed E-state index contributed by atoms with van der Waals surface area (Å²) in [6.07, 6.45) is 6.02. The predicted octanol–water partition coefficient (Wildman–Crippen LogP) is 2.51. The van der Waals surface area contributed by atoms with Crippen molar-refractivity contribution in [2.24, 2.45) is 0 Å². The van der Waals surface area contributed by atoms with Gasteiger partial charge in [-0.2, -0.15) is 4.31 Å². The van der Waals surface area contributed by atoms with Gasteiger partial charge in [0.05, 0.1) is 10.6 Å². The fraction of sp³-hybridized carbons (Fsp3) is 0.667. The molecular formula is C18H30N2O4S2. The molecule has 1 heterocycles. The second-order valence-corrected chi connectivity index (χ2v) is 10.6. The van der Waals surface area contributed by atoms with Crippen LogP contribution in [0.25, 0.3) is 0 Å². The first kappa shape index (κ1) is 21.3. The maximum atomic E-state index is 12.7. The van der Waals surface area contributed by atoms with Crippen LogP contribution in [0.1, 0.15) is 51.0 Å². The van der Waals surface area contributed by atoms with Gasteiger partial charge in [0.25, 0.3) is 0 Å². The zero-order valence-corrected chi connectivity index (χ0v) is 17.1. The molecule has 1 aromatic carbocycles. The Labute approximate surface area is 158 Å². The zero-order valence-electron chi connectivity index (χ0n) is 15.5. The Kier molecular flexibility index (Phi) is 8.06. The minimum absolute atomic E-state index is 0.149. The number of unbranched alkanes of at least 4 members (excludes halogenated alkanes) is 1. The molecule has 1 saturated heterocycles. The molecule has 1 N–H and O–H groups in total. The maximum absolute atomic E-state index is 12.7. The van der Waals surface area contributed by atoms with Gasteiger partial charge in [0.15, 0.2) is 0 Å². The zero-order chi connectivity index (χ0) is 19.0. The van der Waals surface area contributed by atoms with Crippen LogP contribution < -0.4 is 4.72 Å². The molecule has 148 valence electrons. The Morgan fingerprint density at radius 2 is 1.58 bits per heavy atom. The van der Waals surface area contributed by atoms with Gasteiger partial charge in [-0.25, -0.2) is 21.6 Å². The van der Waals surface area contributed by atoms with Gasteiger partial charge in [-0.05, 0) is 43.4 Å². The largest absolute Gasteiger partial charge is 0.243 e. The summed E-state index contributed by atoms with van der Waals surface area (Å²) >= 11 is 0. The lowest BCUT2D eigenvalue weighted by Crippen LogP contribution is -2.32. The molecule has 6 nitrogen and oxygen atoms in total. The van der Waals surface area contributed by atoms with Crippen molar-refractivity contribution in [2.75, 3.05) is 25.4 Å². The monoisotopic (exact) mass is 402 g/mol. The first-order valence-electron chi connectivity index (χ1n) is 9.41. The van der Waals surface area contributed by atoms with E-state index in [4.69, 9.17) is 0 Å². The Morgan fingerprint density at radius 1 is 0.962 bits per heavy atom. The topological polar surface area (TPSA) is 83.5 Å². The van der Waals surface area contributed by atoms with Crippen LogP contribution in [0.4, 0.5) is 0 Å². The van der Waals surface area contributed by atoms with Gasteiger partial charge < -0.3 is 0 Å². The second-order valence-electron chi connectivity index (χ2n) is 6.78. The van der Waals surface area contributed by atoms with E-state index in [0.29, 0.717) is 37.4 Å². The number of hydrogen-bond donors (Lipinski definition) is 1. The Hall–Kier alpha value is -0.960. The van der Waals surface area contributed by atoms with E-state index in [1.807, 2.05) is 6.92 Å². The summed E-state index contributed by atoms with van der Waals surface area (Å²) in [5, 5.41) is 0. The predicted molar refractivity (Wildman–Crippen MR) is 104 cm³/mol. The fourth-order valence-electron chi connectivity index (χ4n) is 3.02. The van der Waals surface area contributed by atoms with Crippen molar-refractivity contribution < 1.29 is 16.8 Å². The van der Waals surface area contributed by atoms with E-state index in [-0.39, 0.29) is 5.75 Å². The molecule has 0 bridgehead atoms. The van der Waals surface area contributed by atoms with E-state index in [1.165, 1.54) is 0 Å².